The molecule has 0 saturated carbocycles. The van der Waals surface area contributed by atoms with E-state index in [-0.39, 0.29) is 18.8 Å². The van der Waals surface area contributed by atoms with Crippen molar-refractivity contribution in [1.29, 1.82) is 0 Å². The van der Waals surface area contributed by atoms with Gasteiger partial charge in [0.25, 0.3) is 0 Å². The predicted octanol–water partition coefficient (Wildman–Crippen LogP) is 2.11. The zero-order valence-electron chi connectivity index (χ0n) is 10.3. The van der Waals surface area contributed by atoms with Crippen LogP contribution in [0.15, 0.2) is 0 Å². The molecule has 0 unspecified atom stereocenters. The van der Waals surface area contributed by atoms with Crippen LogP contribution in [0.2, 0.25) is 0 Å². The van der Waals surface area contributed by atoms with Crippen LogP contribution in [0.1, 0.15) is 46.0 Å². The van der Waals surface area contributed by atoms with Crippen molar-refractivity contribution in [2.75, 3.05) is 19.8 Å². The average Bonchev–Trinajstić information content (AvgIpc) is 2.25. The Morgan fingerprint density at radius 3 is 2.44 bits per heavy atom. The molecule has 0 bridgehead atoms. The van der Waals surface area contributed by atoms with Gasteiger partial charge in [-0.05, 0) is 13.3 Å². The van der Waals surface area contributed by atoms with E-state index >= 15 is 0 Å². The van der Waals surface area contributed by atoms with Crippen LogP contribution in [0, 0.1) is 0 Å². The van der Waals surface area contributed by atoms with E-state index in [1.807, 2.05) is 6.92 Å². The molecule has 0 N–H and O–H groups in total. The van der Waals surface area contributed by atoms with Crippen LogP contribution in [0.3, 0.4) is 0 Å². The van der Waals surface area contributed by atoms with Crippen LogP contribution >= 0.6 is 0 Å². The molecule has 0 fully saturated rings. The highest BCUT2D eigenvalue weighted by atomic mass is 16.6. The number of ketones is 1. The number of unbranched alkanes of at least 4 members (excludes halogenated alkanes) is 2. The molecule has 4 nitrogen and oxygen atoms in total. The second-order valence-corrected chi connectivity index (χ2v) is 3.59. The fraction of sp³-hybridized carbons (Fsp3) is 0.833. The molecule has 0 spiro atoms. The van der Waals surface area contributed by atoms with Crippen LogP contribution in [0.4, 0.5) is 0 Å². The van der Waals surface area contributed by atoms with Crippen molar-refractivity contribution in [2.24, 2.45) is 0 Å². The smallest absolute Gasteiger partial charge is 0.313 e. The molecule has 0 aromatic rings. The van der Waals surface area contributed by atoms with Gasteiger partial charge in [0.2, 0.25) is 0 Å². The van der Waals surface area contributed by atoms with Crippen molar-refractivity contribution in [3.8, 4) is 0 Å². The van der Waals surface area contributed by atoms with E-state index in [4.69, 9.17) is 9.47 Å². The Morgan fingerprint density at radius 2 is 1.81 bits per heavy atom. The van der Waals surface area contributed by atoms with Crippen molar-refractivity contribution in [1.82, 2.24) is 0 Å². The maximum atomic E-state index is 11.3. The normalized spacial score (nSPS) is 10.1. The number of hydrogen-bond acceptors (Lipinski definition) is 4. The molecule has 0 rings (SSSR count). The molecule has 0 aromatic heterocycles. The van der Waals surface area contributed by atoms with Crippen LogP contribution in [0.5, 0.6) is 0 Å². The van der Waals surface area contributed by atoms with Gasteiger partial charge in [0.15, 0.2) is 0 Å². The summed E-state index contributed by atoms with van der Waals surface area (Å²) in [5, 5.41) is 0. The lowest BCUT2D eigenvalue weighted by atomic mass is 10.1. The quantitative estimate of drug-likeness (QED) is 0.327. The first-order chi connectivity index (χ1) is 7.70. The number of Topliss-reactive ketones (excluding diaryl/α,β-unsaturated/α-hetero) is 1. The molecule has 0 heterocycles. The van der Waals surface area contributed by atoms with E-state index in [0.29, 0.717) is 19.6 Å². The lowest BCUT2D eigenvalue weighted by molar-refractivity contribution is -0.147. The first-order valence-corrected chi connectivity index (χ1v) is 5.95. The van der Waals surface area contributed by atoms with Gasteiger partial charge in [-0.3, -0.25) is 9.59 Å². The van der Waals surface area contributed by atoms with Crippen molar-refractivity contribution >= 4 is 11.8 Å². The molecular formula is C12H22O4. The van der Waals surface area contributed by atoms with Crippen molar-refractivity contribution in [3.05, 3.63) is 0 Å². The molecule has 0 aliphatic heterocycles. The minimum absolute atomic E-state index is 0.0325. The van der Waals surface area contributed by atoms with E-state index in [2.05, 4.69) is 6.92 Å². The third-order valence-electron chi connectivity index (χ3n) is 2.10. The highest BCUT2D eigenvalue weighted by Crippen LogP contribution is 2.02. The van der Waals surface area contributed by atoms with E-state index in [0.717, 1.165) is 19.3 Å². The molecular weight excluding hydrogens is 208 g/mol. The highest BCUT2D eigenvalue weighted by Gasteiger charge is 2.09. The summed E-state index contributed by atoms with van der Waals surface area (Å²) in [4.78, 5) is 22.4. The number of carbonyl (C=O) groups is 2. The first-order valence-electron chi connectivity index (χ1n) is 5.95. The molecule has 0 atom stereocenters. The summed E-state index contributed by atoms with van der Waals surface area (Å²) in [6.45, 7) is 5.18. The topological polar surface area (TPSA) is 52.6 Å². The third-order valence-corrected chi connectivity index (χ3v) is 2.10. The maximum Gasteiger partial charge on any atom is 0.313 e. The average molecular weight is 230 g/mol. The summed E-state index contributed by atoms with van der Waals surface area (Å²) >= 11 is 0. The lowest BCUT2D eigenvalue weighted by Gasteiger charge is -2.04. The minimum atomic E-state index is -0.443. The summed E-state index contributed by atoms with van der Waals surface area (Å²) in [7, 11) is 0. The van der Waals surface area contributed by atoms with Gasteiger partial charge in [-0.2, -0.15) is 0 Å². The number of rotatable bonds is 10. The summed E-state index contributed by atoms with van der Waals surface area (Å²) in [5.74, 6) is -0.476. The SMILES string of the molecule is CCCCCC(=O)CC(=O)OCCOCC. The monoisotopic (exact) mass is 230 g/mol. The molecule has 0 aliphatic rings. The van der Waals surface area contributed by atoms with E-state index in [9.17, 15) is 9.59 Å². The third kappa shape index (κ3) is 9.65. The first kappa shape index (κ1) is 15.1. The molecule has 94 valence electrons. The summed E-state index contributed by atoms with van der Waals surface area (Å²) in [6, 6.07) is 0. The van der Waals surface area contributed by atoms with Crippen LogP contribution in [0.25, 0.3) is 0 Å². The standard InChI is InChI=1S/C12H22O4/c1-3-5-6-7-11(13)10-12(14)16-9-8-15-4-2/h3-10H2,1-2H3. The number of hydrogen-bond donors (Lipinski definition) is 0. The van der Waals surface area contributed by atoms with Crippen molar-refractivity contribution < 1.29 is 19.1 Å². The highest BCUT2D eigenvalue weighted by molar-refractivity contribution is 5.95. The van der Waals surface area contributed by atoms with Crippen LogP contribution < -0.4 is 0 Å². The summed E-state index contributed by atoms with van der Waals surface area (Å²) in [5.41, 5.74) is 0. The Labute approximate surface area is 97.3 Å². The minimum Gasteiger partial charge on any atom is -0.463 e. The van der Waals surface area contributed by atoms with Gasteiger partial charge in [-0.25, -0.2) is 0 Å². The number of ether oxygens (including phenoxy) is 2. The second kappa shape index (κ2) is 10.6. The Hall–Kier alpha value is -0.900. The summed E-state index contributed by atoms with van der Waals surface area (Å²) < 4.78 is 9.84. The molecule has 0 amide bonds. The van der Waals surface area contributed by atoms with Crippen LogP contribution in [-0.2, 0) is 19.1 Å². The lowest BCUT2D eigenvalue weighted by Crippen LogP contribution is -2.14. The zero-order chi connectivity index (χ0) is 12.2. The fourth-order valence-electron chi connectivity index (χ4n) is 1.23. The predicted molar refractivity (Wildman–Crippen MR) is 61.2 cm³/mol. The second-order valence-electron chi connectivity index (χ2n) is 3.59. The molecule has 4 heteroatoms. The Balaban J connectivity index is 3.43. The van der Waals surface area contributed by atoms with E-state index < -0.39 is 5.97 Å². The maximum absolute atomic E-state index is 11.3. The Kier molecular flexibility index (Phi) is 10.0. The molecule has 0 saturated heterocycles. The number of esters is 1. The van der Waals surface area contributed by atoms with Gasteiger partial charge >= 0.3 is 5.97 Å². The summed E-state index contributed by atoms with van der Waals surface area (Å²) in [6.07, 6.45) is 3.35. The number of carbonyl (C=O) groups excluding carboxylic acids is 2. The van der Waals surface area contributed by atoms with Gasteiger partial charge in [-0.15, -0.1) is 0 Å². The van der Waals surface area contributed by atoms with Crippen molar-refractivity contribution in [2.45, 2.75) is 46.0 Å². The van der Waals surface area contributed by atoms with E-state index in [1.165, 1.54) is 0 Å². The molecule has 16 heavy (non-hydrogen) atoms. The van der Waals surface area contributed by atoms with Gasteiger partial charge in [0.05, 0.1) is 6.61 Å². The molecule has 0 aliphatic carbocycles. The van der Waals surface area contributed by atoms with Gasteiger partial charge in [0.1, 0.15) is 18.8 Å². The van der Waals surface area contributed by atoms with E-state index in [1.54, 1.807) is 0 Å². The largest absolute Gasteiger partial charge is 0.463 e. The van der Waals surface area contributed by atoms with Gasteiger partial charge in [0, 0.05) is 13.0 Å². The Morgan fingerprint density at radius 1 is 1.06 bits per heavy atom. The van der Waals surface area contributed by atoms with Crippen LogP contribution in [-0.4, -0.2) is 31.6 Å². The van der Waals surface area contributed by atoms with Gasteiger partial charge in [-0.1, -0.05) is 19.8 Å². The molecule has 0 aromatic carbocycles. The fourth-order valence-corrected chi connectivity index (χ4v) is 1.23. The Bertz CT molecular complexity index is 201. The van der Waals surface area contributed by atoms with Crippen molar-refractivity contribution in [3.63, 3.8) is 0 Å². The molecule has 0 radical (unpaired) electrons. The van der Waals surface area contributed by atoms with Gasteiger partial charge < -0.3 is 9.47 Å². The zero-order valence-corrected chi connectivity index (χ0v) is 10.3.